The fourth-order valence-electron chi connectivity index (χ4n) is 2.33. The van der Waals surface area contributed by atoms with Gasteiger partial charge in [0.05, 0.1) is 6.54 Å². The standard InChI is InChI=1S/C15H11Cl2N3O3/c16-10-3-1-2-9(6-10)7-20-5-4-19-8-11(18-17)13(21)14(22)12(19)15(20)23/h1-6,8,18,22H,7H2. The minimum absolute atomic E-state index is 0.0198. The highest BCUT2D eigenvalue weighted by atomic mass is 35.5. The molecule has 0 spiro atoms. The number of aromatic nitrogens is 2. The third kappa shape index (κ3) is 2.78. The predicted molar refractivity (Wildman–Crippen MR) is 89.6 cm³/mol. The number of nitrogens with one attached hydrogen (secondary N) is 1. The van der Waals surface area contributed by atoms with E-state index in [1.807, 2.05) is 6.07 Å². The lowest BCUT2D eigenvalue weighted by atomic mass is 10.2. The highest BCUT2D eigenvalue weighted by Gasteiger charge is 2.14. The summed E-state index contributed by atoms with van der Waals surface area (Å²) in [5.74, 6) is -0.652. The van der Waals surface area contributed by atoms with Gasteiger partial charge >= 0.3 is 0 Å². The fourth-order valence-corrected chi connectivity index (χ4v) is 2.68. The first kappa shape index (κ1) is 15.5. The van der Waals surface area contributed by atoms with Gasteiger partial charge in [-0.25, -0.2) is 0 Å². The number of anilines is 1. The van der Waals surface area contributed by atoms with Crippen LogP contribution in [0.2, 0.25) is 5.02 Å². The molecule has 0 aliphatic rings. The highest BCUT2D eigenvalue weighted by Crippen LogP contribution is 2.15. The van der Waals surface area contributed by atoms with Gasteiger partial charge in [0.25, 0.3) is 5.56 Å². The molecule has 2 N–H and O–H groups in total. The first-order valence-electron chi connectivity index (χ1n) is 6.59. The van der Waals surface area contributed by atoms with Crippen molar-refractivity contribution < 1.29 is 5.11 Å². The molecule has 0 amide bonds. The third-order valence-electron chi connectivity index (χ3n) is 3.42. The van der Waals surface area contributed by atoms with E-state index in [1.54, 1.807) is 30.6 Å². The Bertz CT molecular complexity index is 1010. The van der Waals surface area contributed by atoms with Gasteiger partial charge in [-0.3, -0.25) is 14.4 Å². The van der Waals surface area contributed by atoms with Crippen molar-refractivity contribution in [1.29, 1.82) is 0 Å². The Kier molecular flexibility index (Phi) is 4.02. The number of hydrogen-bond acceptors (Lipinski definition) is 4. The molecular formula is C15H11Cl2N3O3. The maximum absolute atomic E-state index is 12.5. The summed E-state index contributed by atoms with van der Waals surface area (Å²) in [6.45, 7) is 0.263. The van der Waals surface area contributed by atoms with Crippen LogP contribution >= 0.6 is 23.4 Å². The van der Waals surface area contributed by atoms with Crippen LogP contribution < -0.4 is 15.8 Å². The Morgan fingerprint density at radius 1 is 1.22 bits per heavy atom. The van der Waals surface area contributed by atoms with Crippen LogP contribution in [0.3, 0.4) is 0 Å². The molecule has 0 aliphatic heterocycles. The molecule has 3 rings (SSSR count). The zero-order chi connectivity index (χ0) is 16.6. The molecule has 1 aromatic carbocycles. The van der Waals surface area contributed by atoms with Crippen LogP contribution in [0.15, 0.2) is 52.4 Å². The van der Waals surface area contributed by atoms with Gasteiger partial charge in [0.15, 0.2) is 11.3 Å². The van der Waals surface area contributed by atoms with E-state index in [-0.39, 0.29) is 17.7 Å². The summed E-state index contributed by atoms with van der Waals surface area (Å²) >= 11 is 11.4. The fraction of sp³-hybridized carbons (Fsp3) is 0.0667. The lowest BCUT2D eigenvalue weighted by molar-refractivity contribution is 0.472. The first-order valence-corrected chi connectivity index (χ1v) is 7.35. The lowest BCUT2D eigenvalue weighted by Crippen LogP contribution is -2.24. The Hall–Kier alpha value is -2.44. The van der Waals surface area contributed by atoms with E-state index in [1.165, 1.54) is 15.2 Å². The molecule has 0 bridgehead atoms. The van der Waals surface area contributed by atoms with Crippen molar-refractivity contribution in [2.75, 3.05) is 4.84 Å². The van der Waals surface area contributed by atoms with Crippen molar-refractivity contribution in [3.05, 3.63) is 74.0 Å². The quantitative estimate of drug-likeness (QED) is 0.710. The molecule has 6 nitrogen and oxygen atoms in total. The summed E-state index contributed by atoms with van der Waals surface area (Å²) in [7, 11) is 0. The highest BCUT2D eigenvalue weighted by molar-refractivity contribution is 6.30. The second-order valence-electron chi connectivity index (χ2n) is 4.93. The Morgan fingerprint density at radius 2 is 2.00 bits per heavy atom. The van der Waals surface area contributed by atoms with E-state index in [2.05, 4.69) is 4.84 Å². The molecule has 2 heterocycles. The number of pyridine rings is 1. The van der Waals surface area contributed by atoms with Crippen LogP contribution in [-0.2, 0) is 6.54 Å². The van der Waals surface area contributed by atoms with Gasteiger partial charge in [-0.1, -0.05) is 23.7 Å². The molecule has 3 aromatic rings. The Balaban J connectivity index is 2.18. The predicted octanol–water partition coefficient (Wildman–Crippen LogP) is 2.43. The van der Waals surface area contributed by atoms with Crippen LogP contribution in [0, 0.1) is 0 Å². The first-order chi connectivity index (χ1) is 11.0. The third-order valence-corrected chi connectivity index (χ3v) is 3.86. The molecular weight excluding hydrogens is 341 g/mol. The maximum atomic E-state index is 12.5. The molecule has 23 heavy (non-hydrogen) atoms. The van der Waals surface area contributed by atoms with Crippen LogP contribution in [0.25, 0.3) is 5.52 Å². The van der Waals surface area contributed by atoms with Gasteiger partial charge in [-0.2, -0.15) is 0 Å². The molecule has 0 fully saturated rings. The molecule has 0 atom stereocenters. The molecule has 8 heteroatoms. The van der Waals surface area contributed by atoms with E-state index in [4.69, 9.17) is 23.4 Å². The normalized spacial score (nSPS) is 10.9. The number of benzene rings is 1. The summed E-state index contributed by atoms with van der Waals surface area (Å²) in [4.78, 5) is 26.6. The van der Waals surface area contributed by atoms with Gasteiger partial charge in [0.2, 0.25) is 5.43 Å². The van der Waals surface area contributed by atoms with E-state index in [0.717, 1.165) is 5.56 Å². The zero-order valence-corrected chi connectivity index (χ0v) is 13.2. The molecule has 2 aromatic heterocycles. The van der Waals surface area contributed by atoms with Crippen LogP contribution in [0.4, 0.5) is 5.69 Å². The van der Waals surface area contributed by atoms with E-state index < -0.39 is 16.7 Å². The van der Waals surface area contributed by atoms with Crippen molar-refractivity contribution in [1.82, 2.24) is 8.97 Å². The average Bonchev–Trinajstić information content (AvgIpc) is 2.53. The van der Waals surface area contributed by atoms with Crippen molar-refractivity contribution in [3.8, 4) is 5.75 Å². The number of nitrogens with zero attached hydrogens (tertiary/aromatic N) is 2. The minimum Gasteiger partial charge on any atom is -0.502 e. The number of hydrogen-bond donors (Lipinski definition) is 2. The lowest BCUT2D eigenvalue weighted by Gasteiger charge is -2.10. The molecule has 0 unspecified atom stereocenters. The molecule has 0 saturated carbocycles. The zero-order valence-electron chi connectivity index (χ0n) is 11.7. The van der Waals surface area contributed by atoms with Crippen molar-refractivity contribution in [3.63, 3.8) is 0 Å². The van der Waals surface area contributed by atoms with Gasteiger partial charge in [0.1, 0.15) is 5.69 Å². The molecule has 118 valence electrons. The van der Waals surface area contributed by atoms with Gasteiger partial charge in [-0.15, -0.1) is 0 Å². The van der Waals surface area contributed by atoms with Gasteiger partial charge in [-0.05, 0) is 17.7 Å². The van der Waals surface area contributed by atoms with E-state index in [9.17, 15) is 14.7 Å². The van der Waals surface area contributed by atoms with Crippen LogP contribution in [0.1, 0.15) is 5.56 Å². The SMILES string of the molecule is O=c1c(NCl)cn2ccn(Cc3cccc(Cl)c3)c(=O)c2c1O. The van der Waals surface area contributed by atoms with Crippen molar-refractivity contribution >= 4 is 34.6 Å². The maximum Gasteiger partial charge on any atom is 0.279 e. The monoisotopic (exact) mass is 351 g/mol. The summed E-state index contributed by atoms with van der Waals surface area (Å²) in [5, 5.41) is 10.6. The number of fused-ring (bicyclic) bond motifs is 1. The van der Waals surface area contributed by atoms with E-state index in [0.29, 0.717) is 5.02 Å². The molecule has 0 aliphatic carbocycles. The minimum atomic E-state index is -0.738. The smallest absolute Gasteiger partial charge is 0.279 e. The second kappa shape index (κ2) is 5.98. The van der Waals surface area contributed by atoms with E-state index >= 15 is 0 Å². The summed E-state index contributed by atoms with van der Waals surface area (Å²) in [6.07, 6.45) is 4.45. The number of halogens is 2. The Morgan fingerprint density at radius 3 is 2.70 bits per heavy atom. The molecule has 0 radical (unpaired) electrons. The van der Waals surface area contributed by atoms with Crippen LogP contribution in [0.5, 0.6) is 5.75 Å². The van der Waals surface area contributed by atoms with Crippen molar-refractivity contribution in [2.24, 2.45) is 0 Å². The van der Waals surface area contributed by atoms with Crippen LogP contribution in [-0.4, -0.2) is 14.1 Å². The largest absolute Gasteiger partial charge is 0.502 e. The Labute approximate surface area is 140 Å². The molecule has 0 saturated heterocycles. The summed E-state index contributed by atoms with van der Waals surface area (Å²) in [5.41, 5.74) is -0.547. The van der Waals surface area contributed by atoms with Gasteiger partial charge < -0.3 is 14.1 Å². The number of rotatable bonds is 3. The van der Waals surface area contributed by atoms with Crippen molar-refractivity contribution in [2.45, 2.75) is 6.54 Å². The topological polar surface area (TPSA) is 75.7 Å². The average molecular weight is 352 g/mol. The summed E-state index contributed by atoms with van der Waals surface area (Å²) < 4.78 is 2.73. The number of aromatic hydroxyl groups is 1. The second-order valence-corrected chi connectivity index (χ2v) is 5.56. The van der Waals surface area contributed by atoms with Gasteiger partial charge in [0, 0.05) is 35.4 Å². The summed E-state index contributed by atoms with van der Waals surface area (Å²) in [6, 6.07) is 7.09.